The van der Waals surface area contributed by atoms with Gasteiger partial charge in [-0.1, -0.05) is 23.7 Å². The molecule has 0 spiro atoms. The zero-order valence-corrected chi connectivity index (χ0v) is 16.1. The molecule has 3 aliphatic heterocycles. The molecule has 1 aromatic rings. The number of aliphatic hydroxyl groups excluding tert-OH is 1. The van der Waals surface area contributed by atoms with E-state index in [1.54, 1.807) is 6.07 Å². The number of piperazine rings is 1. The molecule has 10 heteroatoms. The van der Waals surface area contributed by atoms with E-state index in [4.69, 9.17) is 16.3 Å². The lowest BCUT2D eigenvalue weighted by Gasteiger charge is -2.49. The van der Waals surface area contributed by atoms with Crippen LogP contribution in [0.3, 0.4) is 0 Å². The summed E-state index contributed by atoms with van der Waals surface area (Å²) in [6.07, 6.45) is -0.202. The van der Waals surface area contributed by atoms with Crippen molar-refractivity contribution in [1.29, 1.82) is 0 Å². The van der Waals surface area contributed by atoms with Crippen LogP contribution < -0.4 is 5.32 Å². The predicted molar refractivity (Wildman–Crippen MR) is 98.9 cm³/mol. The lowest BCUT2D eigenvalue weighted by Crippen LogP contribution is -2.68. The molecule has 0 radical (unpaired) electrons. The summed E-state index contributed by atoms with van der Waals surface area (Å²) in [5, 5.41) is 12.8. The Morgan fingerprint density at radius 1 is 1.38 bits per heavy atom. The van der Waals surface area contributed by atoms with Crippen LogP contribution in [0.2, 0.25) is 5.02 Å². The number of benzene rings is 1. The molecule has 0 aliphatic carbocycles. The number of aliphatic hydroxyl groups is 1. The fraction of sp³-hybridized carbons (Fsp3) is 0.421. The van der Waals surface area contributed by atoms with Crippen LogP contribution in [0.5, 0.6) is 0 Å². The number of carbonyl (C=O) groups excluding carboxylic acids is 3. The lowest BCUT2D eigenvalue weighted by atomic mass is 9.92. The van der Waals surface area contributed by atoms with Crippen LogP contribution in [-0.4, -0.2) is 70.6 Å². The van der Waals surface area contributed by atoms with E-state index in [0.717, 1.165) is 0 Å². The molecule has 0 saturated carbocycles. The molecule has 8 nitrogen and oxygen atoms in total. The molecule has 2 fully saturated rings. The highest BCUT2D eigenvalue weighted by Gasteiger charge is 2.50. The van der Waals surface area contributed by atoms with Crippen LogP contribution in [0, 0.1) is 5.82 Å². The third-order valence-corrected chi connectivity index (χ3v) is 5.60. The van der Waals surface area contributed by atoms with E-state index < -0.39 is 41.8 Å². The van der Waals surface area contributed by atoms with E-state index in [9.17, 15) is 23.9 Å². The minimum absolute atomic E-state index is 0.0770. The lowest BCUT2D eigenvalue weighted by molar-refractivity contribution is -0.182. The molecule has 4 rings (SSSR count). The Balaban J connectivity index is 1.53. The molecular formula is C19H19ClFN3O5. The van der Waals surface area contributed by atoms with Crippen molar-refractivity contribution in [2.75, 3.05) is 19.7 Å². The number of nitrogens with one attached hydrogen (secondary N) is 1. The van der Waals surface area contributed by atoms with Gasteiger partial charge in [-0.25, -0.2) is 4.39 Å². The summed E-state index contributed by atoms with van der Waals surface area (Å²) < 4.78 is 19.6. The van der Waals surface area contributed by atoms with E-state index in [0.29, 0.717) is 19.6 Å². The van der Waals surface area contributed by atoms with Crippen molar-refractivity contribution in [2.45, 2.75) is 31.3 Å². The first-order chi connectivity index (χ1) is 13.9. The van der Waals surface area contributed by atoms with Crippen molar-refractivity contribution in [3.05, 3.63) is 46.4 Å². The third-order valence-electron chi connectivity index (χ3n) is 5.31. The molecule has 3 heterocycles. The molecule has 3 aliphatic rings. The summed E-state index contributed by atoms with van der Waals surface area (Å²) >= 11 is 5.73. The number of ketones is 1. The maximum Gasteiger partial charge on any atom is 0.256 e. The van der Waals surface area contributed by atoms with Gasteiger partial charge in [-0.15, -0.1) is 0 Å². The van der Waals surface area contributed by atoms with Crippen molar-refractivity contribution in [3.8, 4) is 0 Å². The van der Waals surface area contributed by atoms with E-state index in [1.807, 2.05) is 0 Å². The summed E-state index contributed by atoms with van der Waals surface area (Å²) in [6.45, 7) is 1.06. The Bertz CT molecular complexity index is 908. The van der Waals surface area contributed by atoms with Gasteiger partial charge in [0, 0.05) is 24.9 Å². The van der Waals surface area contributed by atoms with Crippen LogP contribution in [-0.2, 0) is 25.7 Å². The van der Waals surface area contributed by atoms with Crippen molar-refractivity contribution < 1.29 is 28.6 Å². The Morgan fingerprint density at radius 3 is 2.97 bits per heavy atom. The fourth-order valence-electron chi connectivity index (χ4n) is 3.81. The van der Waals surface area contributed by atoms with Gasteiger partial charge in [0.2, 0.25) is 5.78 Å². The molecule has 154 valence electrons. The highest BCUT2D eigenvalue weighted by molar-refractivity contribution is 6.30. The Labute approximate surface area is 170 Å². The van der Waals surface area contributed by atoms with E-state index >= 15 is 0 Å². The summed E-state index contributed by atoms with van der Waals surface area (Å²) in [7, 11) is 0. The number of rotatable bonds is 3. The molecule has 3 unspecified atom stereocenters. The van der Waals surface area contributed by atoms with Gasteiger partial charge >= 0.3 is 0 Å². The van der Waals surface area contributed by atoms with Crippen molar-refractivity contribution >= 4 is 29.2 Å². The molecule has 2 amide bonds. The SMILES string of the molecule is O=C(NCc1cccc(Cl)c1F)C1=CN2CC3OCCCN3C(=O)C2C(O)C1=O. The number of halogens is 2. The van der Waals surface area contributed by atoms with Crippen LogP contribution >= 0.6 is 11.6 Å². The van der Waals surface area contributed by atoms with Gasteiger partial charge in [-0.3, -0.25) is 14.4 Å². The van der Waals surface area contributed by atoms with Gasteiger partial charge in [-0.2, -0.15) is 0 Å². The third kappa shape index (κ3) is 3.50. The number of ether oxygens (including phenoxy) is 1. The second kappa shape index (κ2) is 7.74. The van der Waals surface area contributed by atoms with Crippen LogP contribution in [0.4, 0.5) is 4.39 Å². The first-order valence-electron chi connectivity index (χ1n) is 9.21. The zero-order chi connectivity index (χ0) is 20.7. The van der Waals surface area contributed by atoms with Crippen LogP contribution in [0.25, 0.3) is 0 Å². The fourth-order valence-corrected chi connectivity index (χ4v) is 4.00. The molecule has 2 N–H and O–H groups in total. The monoisotopic (exact) mass is 423 g/mol. The van der Waals surface area contributed by atoms with Gasteiger partial charge in [0.1, 0.15) is 29.8 Å². The number of fused-ring (bicyclic) bond motifs is 2. The average molecular weight is 424 g/mol. The van der Waals surface area contributed by atoms with Gasteiger partial charge in [0.25, 0.3) is 11.8 Å². The molecule has 2 saturated heterocycles. The molecule has 0 aromatic heterocycles. The average Bonchev–Trinajstić information content (AvgIpc) is 2.71. The molecule has 3 atom stereocenters. The van der Waals surface area contributed by atoms with E-state index in [1.165, 1.54) is 28.1 Å². The number of Topliss-reactive ketones (excluding diaryl/α,β-unsaturated/α-hetero) is 1. The predicted octanol–water partition coefficient (Wildman–Crippen LogP) is 0.182. The second-order valence-corrected chi connectivity index (χ2v) is 7.51. The Kier molecular flexibility index (Phi) is 5.28. The van der Waals surface area contributed by atoms with Gasteiger partial charge in [0.05, 0.1) is 18.2 Å². The highest BCUT2D eigenvalue weighted by atomic mass is 35.5. The number of hydrogen-bond acceptors (Lipinski definition) is 6. The summed E-state index contributed by atoms with van der Waals surface area (Å²) in [6, 6.07) is 3.31. The van der Waals surface area contributed by atoms with E-state index in [-0.39, 0.29) is 29.2 Å². The highest BCUT2D eigenvalue weighted by Crippen LogP contribution is 2.28. The number of amides is 2. The first kappa shape index (κ1) is 19.8. The Hall–Kier alpha value is -2.49. The normalized spacial score (nSPS) is 26.6. The smallest absolute Gasteiger partial charge is 0.256 e. The topological polar surface area (TPSA) is 99.2 Å². The summed E-state index contributed by atoms with van der Waals surface area (Å²) in [5.74, 6) is -2.68. The minimum Gasteiger partial charge on any atom is -0.382 e. The van der Waals surface area contributed by atoms with Crippen molar-refractivity contribution in [1.82, 2.24) is 15.1 Å². The standard InChI is InChI=1S/C19H19ClFN3O5/c20-12-4-1-3-10(14(12)21)7-22-18(27)11-8-23-9-13-24(5-2-6-29-13)19(28)15(23)17(26)16(11)25/h1,3-4,8,13,15,17,26H,2,5-7,9H2,(H,22,27). The van der Waals surface area contributed by atoms with Gasteiger partial charge < -0.3 is 25.0 Å². The summed E-state index contributed by atoms with van der Waals surface area (Å²) in [4.78, 5) is 40.8. The van der Waals surface area contributed by atoms with E-state index in [2.05, 4.69) is 5.32 Å². The molecular weight excluding hydrogens is 405 g/mol. The maximum absolute atomic E-state index is 14.0. The largest absolute Gasteiger partial charge is 0.382 e. The maximum atomic E-state index is 14.0. The second-order valence-electron chi connectivity index (χ2n) is 7.10. The quantitative estimate of drug-likeness (QED) is 0.673. The van der Waals surface area contributed by atoms with Gasteiger partial charge in [-0.05, 0) is 12.5 Å². The van der Waals surface area contributed by atoms with Crippen molar-refractivity contribution in [3.63, 3.8) is 0 Å². The minimum atomic E-state index is -1.67. The van der Waals surface area contributed by atoms with Gasteiger partial charge in [0.15, 0.2) is 0 Å². The van der Waals surface area contributed by atoms with Crippen molar-refractivity contribution in [2.24, 2.45) is 0 Å². The Morgan fingerprint density at radius 2 is 2.17 bits per heavy atom. The molecule has 29 heavy (non-hydrogen) atoms. The number of hydrogen-bond donors (Lipinski definition) is 2. The van der Waals surface area contributed by atoms with Crippen LogP contribution in [0.1, 0.15) is 12.0 Å². The zero-order valence-electron chi connectivity index (χ0n) is 15.3. The molecule has 0 bridgehead atoms. The van der Waals surface area contributed by atoms with Crippen LogP contribution in [0.15, 0.2) is 30.0 Å². The number of carbonyl (C=O) groups is 3. The summed E-state index contributed by atoms with van der Waals surface area (Å²) in [5.41, 5.74) is -0.138. The first-order valence-corrected chi connectivity index (χ1v) is 9.59. The molecule has 1 aromatic carbocycles. The number of nitrogens with zero attached hydrogens (tertiary/aromatic N) is 2.